The number of pyridine rings is 1. The number of nitrogens with one attached hydrogen (secondary N) is 2. The summed E-state index contributed by atoms with van der Waals surface area (Å²) < 4.78 is 36.7. The van der Waals surface area contributed by atoms with Crippen LogP contribution in [0.1, 0.15) is 39.1 Å². The third kappa shape index (κ3) is 3.51. The Morgan fingerprint density at radius 3 is 3.08 bits per heavy atom. The van der Waals surface area contributed by atoms with Gasteiger partial charge in [-0.1, -0.05) is 0 Å². The predicted molar refractivity (Wildman–Crippen MR) is 129 cm³/mol. The summed E-state index contributed by atoms with van der Waals surface area (Å²) in [4.78, 5) is 22.3. The molecule has 176 valence electrons. The lowest BCUT2D eigenvalue weighted by atomic mass is 10.1. The van der Waals surface area contributed by atoms with Gasteiger partial charge in [0.05, 0.1) is 11.3 Å². The first kappa shape index (κ1) is 17.8. The molecule has 1 saturated heterocycles. The van der Waals surface area contributed by atoms with E-state index in [-0.39, 0.29) is 39.7 Å². The monoisotopic (exact) mass is 404 g/mol. The van der Waals surface area contributed by atoms with Crippen molar-refractivity contribution in [1.29, 1.82) is 5.26 Å². The topological polar surface area (TPSA) is 88.1 Å². The highest BCUT2D eigenvalue weighted by molar-refractivity contribution is 5.93. The third-order valence-corrected chi connectivity index (χ3v) is 4.47. The second-order valence-electron chi connectivity index (χ2n) is 6.15. The van der Waals surface area contributed by atoms with Crippen molar-refractivity contribution in [1.82, 2.24) is 20.2 Å². The van der Waals surface area contributed by atoms with Crippen molar-refractivity contribution in [3.8, 4) is 6.07 Å². The number of likely N-dealkylation sites (N-methyl/N-ethyl adjacent to an activating group) is 1. The summed E-state index contributed by atoms with van der Waals surface area (Å²) >= 11 is 0. The molecule has 26 heavy (non-hydrogen) atoms. The van der Waals surface area contributed by atoms with Gasteiger partial charge in [0.1, 0.15) is 18.3 Å². The van der Waals surface area contributed by atoms with Gasteiger partial charge in [0, 0.05) is 71.1 Å². The summed E-state index contributed by atoms with van der Waals surface area (Å²) in [7, 11) is 1.81. The van der Waals surface area contributed by atoms with Crippen LogP contribution < -0.4 is 10.2 Å². The van der Waals surface area contributed by atoms with Crippen molar-refractivity contribution >= 4 is 22.8 Å². The molecule has 0 bridgehead atoms. The van der Waals surface area contributed by atoms with Gasteiger partial charge < -0.3 is 20.1 Å². The molecular weight excluding hydrogens is 349 g/mol. The van der Waals surface area contributed by atoms with Crippen LogP contribution in [0.5, 0.6) is 0 Å². The standard InChI is InChI=1S/C16H17F3N6O.19H2/c1-24(13-10(6-20)7-22-14-12(13)2-4-21-14)11-3-5-25(8-11)15(26)23-9-16(17,18)19;;;;;;;;;;;;;;;;;;;/h2,4,7,11H,3,5,8-9H2,1H3,(H,21,22)(H,23,26);19*1H. The zero-order chi connectivity index (χ0) is 18.9. The molecule has 7 nitrogen and oxygen atoms in total. The summed E-state index contributed by atoms with van der Waals surface area (Å²) in [5.74, 6) is 0. The van der Waals surface area contributed by atoms with Crippen molar-refractivity contribution in [2.75, 3.05) is 31.6 Å². The highest BCUT2D eigenvalue weighted by atomic mass is 19.4. The minimum absolute atomic E-state index is 0. The number of rotatable bonds is 3. The fraction of sp³-hybridized carbons (Fsp3) is 0.438. The van der Waals surface area contributed by atoms with Crippen molar-refractivity contribution in [3.05, 3.63) is 24.0 Å². The molecule has 3 rings (SSSR count). The minimum Gasteiger partial charge on any atom is -0.368 e. The number of hydrogen-bond acceptors (Lipinski definition) is 4. The fourth-order valence-electron chi connectivity index (χ4n) is 3.17. The van der Waals surface area contributed by atoms with Crippen molar-refractivity contribution in [2.45, 2.75) is 18.6 Å². The molecular formula is C16H55F3N6O. The lowest BCUT2D eigenvalue weighted by molar-refractivity contribution is -0.123. The number of hydrogen-bond donors (Lipinski definition) is 2. The maximum atomic E-state index is 12.2. The SMILES string of the molecule is CN(c1c(C#N)cnc2[nH]ccc12)C1CCN(C(=O)NCC(F)(F)F)C1.[HH].[HH].[HH].[HH].[HH].[HH].[HH].[HH].[HH].[HH].[HH].[HH].[HH].[HH].[HH].[HH].[HH].[HH].[HH]. The van der Waals surface area contributed by atoms with Crippen molar-refractivity contribution in [3.63, 3.8) is 0 Å². The molecule has 10 heteroatoms. The molecule has 1 atom stereocenters. The van der Waals surface area contributed by atoms with Gasteiger partial charge in [-0.05, 0) is 12.5 Å². The molecule has 0 aromatic carbocycles. The number of amides is 2. The first-order chi connectivity index (χ1) is 12.3. The van der Waals surface area contributed by atoms with Crippen LogP contribution in [0.2, 0.25) is 0 Å². The second kappa shape index (κ2) is 6.74. The molecule has 1 unspecified atom stereocenters. The number of nitrogens with zero attached hydrogens (tertiary/aromatic N) is 4. The van der Waals surface area contributed by atoms with E-state index in [1.807, 2.05) is 23.3 Å². The van der Waals surface area contributed by atoms with Crippen LogP contribution >= 0.6 is 0 Å². The number of anilines is 1. The van der Waals surface area contributed by atoms with Crippen molar-refractivity contribution < 1.29 is 45.1 Å². The smallest absolute Gasteiger partial charge is 0.368 e. The number of halogens is 3. The number of fused-ring (bicyclic) bond motifs is 1. The Hall–Kier alpha value is -2.96. The summed E-state index contributed by atoms with van der Waals surface area (Å²) in [5.41, 5.74) is 1.74. The van der Waals surface area contributed by atoms with Gasteiger partial charge in [0.25, 0.3) is 0 Å². The Balaban J connectivity index is -0.0000000275. The van der Waals surface area contributed by atoms with Crippen LogP contribution in [-0.4, -0.2) is 59.8 Å². The highest BCUT2D eigenvalue weighted by Crippen LogP contribution is 2.31. The van der Waals surface area contributed by atoms with E-state index in [1.165, 1.54) is 11.1 Å². The molecule has 2 aromatic heterocycles. The van der Waals surface area contributed by atoms with Crippen LogP contribution in [0.15, 0.2) is 18.5 Å². The molecule has 0 radical (unpaired) electrons. The summed E-state index contributed by atoms with van der Waals surface area (Å²) in [6.07, 6.45) is -0.644. The Morgan fingerprint density at radius 2 is 2.38 bits per heavy atom. The first-order valence-electron chi connectivity index (χ1n) is 7.98. The third-order valence-electron chi connectivity index (χ3n) is 4.47. The molecule has 0 spiro atoms. The lowest BCUT2D eigenvalue weighted by Gasteiger charge is -2.28. The maximum absolute atomic E-state index is 12.2. The summed E-state index contributed by atoms with van der Waals surface area (Å²) in [6.45, 7) is -0.725. The number of nitriles is 1. The molecule has 0 aliphatic carbocycles. The van der Waals surface area contributed by atoms with Crippen LogP contribution in [0.4, 0.5) is 23.7 Å². The number of H-pyrrole nitrogens is 1. The molecule has 2 amide bonds. The largest absolute Gasteiger partial charge is 0.405 e. The number of urea groups is 1. The first-order valence-corrected chi connectivity index (χ1v) is 7.98. The predicted octanol–water partition coefficient (Wildman–Crippen LogP) is 6.89. The van der Waals surface area contributed by atoms with Crippen LogP contribution in [0.3, 0.4) is 0 Å². The van der Waals surface area contributed by atoms with Crippen molar-refractivity contribution in [2.24, 2.45) is 0 Å². The van der Waals surface area contributed by atoms with E-state index in [0.29, 0.717) is 29.9 Å². The van der Waals surface area contributed by atoms with E-state index in [4.69, 9.17) is 0 Å². The molecule has 2 N–H and O–H groups in total. The Kier molecular flexibility index (Phi) is 4.63. The fourth-order valence-corrected chi connectivity index (χ4v) is 3.17. The second-order valence-corrected chi connectivity index (χ2v) is 6.15. The van der Waals surface area contributed by atoms with Crippen LogP contribution in [-0.2, 0) is 0 Å². The minimum atomic E-state index is -4.44. The van der Waals surface area contributed by atoms with E-state index in [1.54, 1.807) is 6.20 Å². The average Bonchev–Trinajstić information content (AvgIpc) is 3.26. The van der Waals surface area contributed by atoms with Crippen LogP contribution in [0, 0.1) is 11.3 Å². The Labute approximate surface area is 175 Å². The van der Waals surface area contributed by atoms with E-state index >= 15 is 0 Å². The molecule has 2 aromatic rings. The van der Waals surface area contributed by atoms with Crippen LogP contribution in [0.25, 0.3) is 11.0 Å². The number of aromatic nitrogens is 2. The maximum Gasteiger partial charge on any atom is 0.405 e. The van der Waals surface area contributed by atoms with Gasteiger partial charge in [0.15, 0.2) is 0 Å². The van der Waals surface area contributed by atoms with E-state index in [9.17, 15) is 23.2 Å². The molecule has 0 saturated carbocycles. The number of carbonyl (C=O) groups is 1. The van der Waals surface area contributed by atoms with Gasteiger partial charge in [-0.3, -0.25) is 0 Å². The quantitative estimate of drug-likeness (QED) is 0.583. The molecule has 1 aliphatic heterocycles. The highest BCUT2D eigenvalue weighted by Gasteiger charge is 2.33. The van der Waals surface area contributed by atoms with E-state index in [0.717, 1.165) is 5.39 Å². The zero-order valence-electron chi connectivity index (χ0n) is 14.0. The number of likely N-dealkylation sites (tertiary alicyclic amines) is 1. The van der Waals surface area contributed by atoms with Gasteiger partial charge in [0.2, 0.25) is 0 Å². The van der Waals surface area contributed by atoms with Gasteiger partial charge in [-0.2, -0.15) is 18.4 Å². The molecule has 1 aliphatic rings. The number of aromatic amines is 1. The number of alkyl halides is 3. The Morgan fingerprint density at radius 1 is 1.62 bits per heavy atom. The molecule has 3 heterocycles. The zero-order valence-corrected chi connectivity index (χ0v) is 14.0. The summed E-state index contributed by atoms with van der Waals surface area (Å²) in [6, 6.07) is 3.09. The average molecular weight is 405 g/mol. The van der Waals surface area contributed by atoms with E-state index in [2.05, 4.69) is 16.0 Å². The van der Waals surface area contributed by atoms with Gasteiger partial charge in [-0.25, -0.2) is 9.78 Å². The van der Waals surface area contributed by atoms with Gasteiger partial charge in [-0.15, -0.1) is 0 Å². The lowest BCUT2D eigenvalue weighted by Crippen LogP contribution is -2.44. The number of carbonyl (C=O) groups excluding carboxylic acids is 1. The Bertz CT molecular complexity index is 900. The summed E-state index contributed by atoms with van der Waals surface area (Å²) in [5, 5.41) is 12.1. The normalized spacial score (nSPS) is 17.3. The van der Waals surface area contributed by atoms with Gasteiger partial charge >= 0.3 is 12.2 Å². The molecule has 1 fully saturated rings. The van der Waals surface area contributed by atoms with E-state index < -0.39 is 18.8 Å².